The van der Waals surface area contributed by atoms with Crippen molar-refractivity contribution in [2.75, 3.05) is 20.3 Å². The van der Waals surface area contributed by atoms with Crippen LogP contribution in [0.15, 0.2) is 12.1 Å². The molecule has 1 unspecified atom stereocenters. The fraction of sp³-hybridized carbons (Fsp3) is 0.400. The van der Waals surface area contributed by atoms with Crippen molar-refractivity contribution in [3.63, 3.8) is 0 Å². The van der Waals surface area contributed by atoms with E-state index in [2.05, 4.69) is 0 Å². The smallest absolute Gasteiger partial charge is 0.164 e. The normalized spacial score (nSPS) is 18.7. The highest BCUT2D eigenvalue weighted by Gasteiger charge is 2.24. The van der Waals surface area contributed by atoms with Gasteiger partial charge in [0.1, 0.15) is 12.7 Å². The van der Waals surface area contributed by atoms with E-state index < -0.39 is 11.6 Å². The van der Waals surface area contributed by atoms with E-state index in [0.29, 0.717) is 13.2 Å². The van der Waals surface area contributed by atoms with E-state index in [0.717, 1.165) is 12.1 Å². The summed E-state index contributed by atoms with van der Waals surface area (Å²) in [5.41, 5.74) is 0. The minimum atomic E-state index is -0.957. The summed E-state index contributed by atoms with van der Waals surface area (Å²) in [6.45, 7) is 0.966. The molecule has 5 heteroatoms. The summed E-state index contributed by atoms with van der Waals surface area (Å²) < 4.78 is 40.7. The molecule has 1 atom stereocenters. The molecular formula is C10H10F2O3. The number of methoxy groups -OCH3 is 1. The maximum absolute atomic E-state index is 12.9. The quantitative estimate of drug-likeness (QED) is 0.718. The Morgan fingerprint density at radius 1 is 1.33 bits per heavy atom. The molecule has 1 aliphatic heterocycles. The van der Waals surface area contributed by atoms with E-state index >= 15 is 0 Å². The van der Waals surface area contributed by atoms with Crippen molar-refractivity contribution in [2.24, 2.45) is 0 Å². The second-order valence-electron chi connectivity index (χ2n) is 3.18. The van der Waals surface area contributed by atoms with Gasteiger partial charge < -0.3 is 14.2 Å². The van der Waals surface area contributed by atoms with Crippen LogP contribution in [0.1, 0.15) is 0 Å². The Morgan fingerprint density at radius 2 is 1.93 bits per heavy atom. The summed E-state index contributed by atoms with van der Waals surface area (Å²) in [5, 5.41) is 0. The molecule has 0 bridgehead atoms. The standard InChI is InChI=1S/C10H10F2O3/c1-13-9-2-7(11)8(12)3-10(9)15-5-6-4-14-6/h2-3,6H,4-5H2,1H3. The molecule has 1 heterocycles. The molecule has 0 aromatic heterocycles. The average molecular weight is 216 g/mol. The molecule has 1 fully saturated rings. The second-order valence-corrected chi connectivity index (χ2v) is 3.18. The molecule has 1 aliphatic rings. The van der Waals surface area contributed by atoms with Gasteiger partial charge >= 0.3 is 0 Å². The second kappa shape index (κ2) is 4.02. The van der Waals surface area contributed by atoms with E-state index in [1.807, 2.05) is 0 Å². The van der Waals surface area contributed by atoms with Crippen molar-refractivity contribution < 1.29 is 23.0 Å². The molecule has 0 aliphatic carbocycles. The summed E-state index contributed by atoms with van der Waals surface area (Å²) in [4.78, 5) is 0. The zero-order chi connectivity index (χ0) is 10.8. The van der Waals surface area contributed by atoms with Gasteiger partial charge in [0.05, 0.1) is 13.7 Å². The van der Waals surface area contributed by atoms with Crippen LogP contribution in [0.2, 0.25) is 0 Å². The number of ether oxygens (including phenoxy) is 3. The largest absolute Gasteiger partial charge is 0.493 e. The number of hydrogen-bond acceptors (Lipinski definition) is 3. The van der Waals surface area contributed by atoms with E-state index in [1.54, 1.807) is 0 Å². The summed E-state index contributed by atoms with van der Waals surface area (Å²) in [6, 6.07) is 1.93. The highest BCUT2D eigenvalue weighted by molar-refractivity contribution is 5.40. The molecule has 0 spiro atoms. The van der Waals surface area contributed by atoms with E-state index in [-0.39, 0.29) is 17.6 Å². The maximum atomic E-state index is 12.9. The van der Waals surface area contributed by atoms with Crippen molar-refractivity contribution in [3.05, 3.63) is 23.8 Å². The van der Waals surface area contributed by atoms with Gasteiger partial charge in [-0.2, -0.15) is 0 Å². The first-order chi connectivity index (χ1) is 7.20. The fourth-order valence-electron chi connectivity index (χ4n) is 1.13. The van der Waals surface area contributed by atoms with Crippen LogP contribution in [0.5, 0.6) is 11.5 Å². The van der Waals surface area contributed by atoms with Crippen LogP contribution in [0, 0.1) is 11.6 Å². The molecule has 1 aromatic carbocycles. The maximum Gasteiger partial charge on any atom is 0.164 e. The number of benzene rings is 1. The van der Waals surface area contributed by atoms with Crippen LogP contribution >= 0.6 is 0 Å². The Bertz CT molecular complexity index is 364. The van der Waals surface area contributed by atoms with Crippen LogP contribution < -0.4 is 9.47 Å². The van der Waals surface area contributed by atoms with Crippen molar-refractivity contribution >= 4 is 0 Å². The molecule has 82 valence electrons. The van der Waals surface area contributed by atoms with Crippen LogP contribution in [0.25, 0.3) is 0 Å². The van der Waals surface area contributed by atoms with E-state index in [1.165, 1.54) is 7.11 Å². The first-order valence-electron chi connectivity index (χ1n) is 4.48. The lowest BCUT2D eigenvalue weighted by Crippen LogP contribution is -2.05. The number of epoxide rings is 1. The highest BCUT2D eigenvalue weighted by Crippen LogP contribution is 2.30. The Balaban J connectivity index is 2.15. The number of halogens is 2. The van der Waals surface area contributed by atoms with Gasteiger partial charge in [-0.1, -0.05) is 0 Å². The summed E-state index contributed by atoms with van der Waals surface area (Å²) in [7, 11) is 1.37. The third-order valence-electron chi connectivity index (χ3n) is 2.03. The molecule has 0 radical (unpaired) electrons. The lowest BCUT2D eigenvalue weighted by atomic mass is 10.3. The van der Waals surface area contributed by atoms with Crippen molar-refractivity contribution in [1.29, 1.82) is 0 Å². The lowest BCUT2D eigenvalue weighted by Gasteiger charge is -2.09. The van der Waals surface area contributed by atoms with Crippen LogP contribution in [0.4, 0.5) is 8.78 Å². The van der Waals surface area contributed by atoms with Crippen molar-refractivity contribution in [2.45, 2.75) is 6.10 Å². The average Bonchev–Trinajstić information content (AvgIpc) is 3.03. The Morgan fingerprint density at radius 3 is 2.47 bits per heavy atom. The van der Waals surface area contributed by atoms with Gasteiger partial charge in [0.15, 0.2) is 23.1 Å². The van der Waals surface area contributed by atoms with Gasteiger partial charge in [0.25, 0.3) is 0 Å². The van der Waals surface area contributed by atoms with Gasteiger partial charge in [0, 0.05) is 12.1 Å². The van der Waals surface area contributed by atoms with Crippen LogP contribution in [-0.4, -0.2) is 26.4 Å². The molecule has 2 rings (SSSR count). The first-order valence-corrected chi connectivity index (χ1v) is 4.48. The fourth-order valence-corrected chi connectivity index (χ4v) is 1.13. The van der Waals surface area contributed by atoms with Gasteiger partial charge in [-0.05, 0) is 0 Å². The molecule has 3 nitrogen and oxygen atoms in total. The Labute approximate surface area is 85.6 Å². The zero-order valence-electron chi connectivity index (χ0n) is 8.13. The third kappa shape index (κ3) is 2.36. The van der Waals surface area contributed by atoms with E-state index in [9.17, 15) is 8.78 Å². The summed E-state index contributed by atoms with van der Waals surface area (Å²) >= 11 is 0. The van der Waals surface area contributed by atoms with Gasteiger partial charge in [-0.3, -0.25) is 0 Å². The van der Waals surface area contributed by atoms with Crippen LogP contribution in [-0.2, 0) is 4.74 Å². The molecule has 0 N–H and O–H groups in total. The minimum Gasteiger partial charge on any atom is -0.493 e. The Kier molecular flexibility index (Phi) is 2.73. The number of rotatable bonds is 4. The van der Waals surface area contributed by atoms with Gasteiger partial charge in [-0.15, -0.1) is 0 Å². The molecular weight excluding hydrogens is 206 g/mol. The highest BCUT2D eigenvalue weighted by atomic mass is 19.2. The van der Waals surface area contributed by atoms with E-state index in [4.69, 9.17) is 14.2 Å². The molecule has 1 saturated heterocycles. The SMILES string of the molecule is COc1cc(F)c(F)cc1OCC1CO1. The molecule has 0 amide bonds. The molecule has 0 saturated carbocycles. The Hall–Kier alpha value is -1.36. The zero-order valence-corrected chi connectivity index (χ0v) is 8.13. The van der Waals surface area contributed by atoms with Gasteiger partial charge in [-0.25, -0.2) is 8.78 Å². The topological polar surface area (TPSA) is 31.0 Å². The minimum absolute atomic E-state index is 0.0582. The summed E-state index contributed by atoms with van der Waals surface area (Å²) in [5.74, 6) is -1.55. The predicted octanol–water partition coefficient (Wildman–Crippen LogP) is 1.75. The summed E-state index contributed by atoms with van der Waals surface area (Å²) in [6.07, 6.45) is 0.0582. The molecule has 15 heavy (non-hydrogen) atoms. The molecule has 1 aromatic rings. The monoisotopic (exact) mass is 216 g/mol. The lowest BCUT2D eigenvalue weighted by molar-refractivity contribution is 0.250. The van der Waals surface area contributed by atoms with Gasteiger partial charge in [0.2, 0.25) is 0 Å². The van der Waals surface area contributed by atoms with Crippen molar-refractivity contribution in [1.82, 2.24) is 0 Å². The van der Waals surface area contributed by atoms with Crippen molar-refractivity contribution in [3.8, 4) is 11.5 Å². The predicted molar refractivity (Wildman–Crippen MR) is 48.1 cm³/mol. The number of hydrogen-bond donors (Lipinski definition) is 0. The third-order valence-corrected chi connectivity index (χ3v) is 2.03. The van der Waals surface area contributed by atoms with Crippen LogP contribution in [0.3, 0.4) is 0 Å². The first kappa shape index (κ1) is 10.2.